The molecule has 1 heterocycles. The monoisotopic (exact) mass is 355 g/mol. The molecule has 7 nitrogen and oxygen atoms in total. The van der Waals surface area contributed by atoms with E-state index in [0.29, 0.717) is 6.42 Å². The van der Waals surface area contributed by atoms with Gasteiger partial charge in [-0.15, -0.1) is 5.10 Å². The largest absolute Gasteiger partial charge is 0.411 e. The van der Waals surface area contributed by atoms with Crippen molar-refractivity contribution in [3.63, 3.8) is 0 Å². The van der Waals surface area contributed by atoms with Crippen LogP contribution >= 0.6 is 0 Å². The molecule has 0 bridgehead atoms. The lowest BCUT2D eigenvalue weighted by Gasteiger charge is -2.02. The predicted molar refractivity (Wildman–Crippen MR) is 83.0 cm³/mol. The normalized spacial score (nSPS) is 11.4. The average Bonchev–Trinajstić information content (AvgIpc) is 3.03. The molecule has 2 aromatic rings. The van der Waals surface area contributed by atoms with Gasteiger partial charge in [-0.3, -0.25) is 4.79 Å². The number of unbranched alkanes of at least 4 members (excludes halogenated alkanes) is 1. The SMILES string of the molecule is CCCCC(=O)NCc1nnc(S(=O)(=O)Cc2ccccc2F)o1. The third-order valence-electron chi connectivity index (χ3n) is 3.21. The number of hydrogen-bond acceptors (Lipinski definition) is 6. The summed E-state index contributed by atoms with van der Waals surface area (Å²) in [5.74, 6) is -1.40. The summed E-state index contributed by atoms with van der Waals surface area (Å²) in [6.45, 7) is 1.92. The molecule has 1 amide bonds. The van der Waals surface area contributed by atoms with Gasteiger partial charge in [-0.25, -0.2) is 12.8 Å². The second-order valence-electron chi connectivity index (χ2n) is 5.19. The molecule has 130 valence electrons. The van der Waals surface area contributed by atoms with E-state index in [0.717, 1.165) is 12.8 Å². The number of rotatable bonds is 8. The van der Waals surface area contributed by atoms with Gasteiger partial charge in [0.15, 0.2) is 0 Å². The second-order valence-corrected chi connectivity index (χ2v) is 7.06. The first kappa shape index (κ1) is 18.1. The van der Waals surface area contributed by atoms with Crippen LogP contribution in [0, 0.1) is 5.82 Å². The molecule has 0 atom stereocenters. The zero-order valence-electron chi connectivity index (χ0n) is 13.2. The van der Waals surface area contributed by atoms with E-state index < -0.39 is 26.6 Å². The molecule has 1 N–H and O–H groups in total. The Labute approximate surface area is 139 Å². The minimum absolute atomic E-state index is 0.0186. The Morgan fingerprint density at radius 1 is 1.29 bits per heavy atom. The van der Waals surface area contributed by atoms with E-state index in [-0.39, 0.29) is 23.9 Å². The first-order chi connectivity index (χ1) is 11.4. The lowest BCUT2D eigenvalue weighted by Crippen LogP contribution is -2.22. The molecule has 0 aliphatic carbocycles. The Bertz CT molecular complexity index is 805. The Balaban J connectivity index is 2.01. The zero-order valence-corrected chi connectivity index (χ0v) is 14.0. The number of sulfone groups is 1. The molecule has 0 saturated carbocycles. The van der Waals surface area contributed by atoms with Crippen molar-refractivity contribution >= 4 is 15.7 Å². The average molecular weight is 355 g/mol. The molecule has 9 heteroatoms. The van der Waals surface area contributed by atoms with E-state index in [1.807, 2.05) is 6.92 Å². The van der Waals surface area contributed by atoms with Crippen molar-refractivity contribution in [2.75, 3.05) is 0 Å². The number of carbonyl (C=O) groups excluding carboxylic acids is 1. The Morgan fingerprint density at radius 2 is 2.04 bits per heavy atom. The van der Waals surface area contributed by atoms with Crippen LogP contribution < -0.4 is 5.32 Å². The summed E-state index contributed by atoms with van der Waals surface area (Å²) in [5.41, 5.74) is 0.0186. The molecule has 0 spiro atoms. The smallest absolute Gasteiger partial charge is 0.335 e. The molecular formula is C15H18FN3O4S. The van der Waals surface area contributed by atoms with Crippen LogP contribution in [-0.4, -0.2) is 24.5 Å². The number of amides is 1. The maximum atomic E-state index is 13.6. The summed E-state index contributed by atoms with van der Waals surface area (Å²) in [6.07, 6.45) is 2.04. The van der Waals surface area contributed by atoms with E-state index in [1.165, 1.54) is 18.2 Å². The third-order valence-corrected chi connectivity index (χ3v) is 4.60. The van der Waals surface area contributed by atoms with Crippen LogP contribution in [-0.2, 0) is 26.9 Å². The van der Waals surface area contributed by atoms with E-state index in [1.54, 1.807) is 6.07 Å². The van der Waals surface area contributed by atoms with Gasteiger partial charge in [-0.05, 0) is 12.5 Å². The number of halogens is 1. The summed E-state index contributed by atoms with van der Waals surface area (Å²) >= 11 is 0. The number of hydrogen-bond donors (Lipinski definition) is 1. The standard InChI is InChI=1S/C15H18FN3O4S/c1-2-3-8-13(20)17-9-14-18-19-15(23-14)24(21,22)10-11-6-4-5-7-12(11)16/h4-7H,2-3,8-10H2,1H3,(H,17,20). The van der Waals surface area contributed by atoms with Gasteiger partial charge in [-0.1, -0.05) is 36.6 Å². The number of carbonyl (C=O) groups is 1. The number of benzene rings is 1. The Kier molecular flexibility index (Phi) is 6.02. The maximum Gasteiger partial charge on any atom is 0.335 e. The van der Waals surface area contributed by atoms with Crippen molar-refractivity contribution in [3.05, 3.63) is 41.5 Å². The third kappa shape index (κ3) is 4.85. The predicted octanol–water partition coefficient (Wildman–Crippen LogP) is 1.99. The molecule has 0 fully saturated rings. The fraction of sp³-hybridized carbons (Fsp3) is 0.400. The molecule has 24 heavy (non-hydrogen) atoms. The highest BCUT2D eigenvalue weighted by Gasteiger charge is 2.24. The summed E-state index contributed by atoms with van der Waals surface area (Å²) in [6, 6.07) is 5.56. The van der Waals surface area contributed by atoms with Crippen molar-refractivity contribution in [3.8, 4) is 0 Å². The van der Waals surface area contributed by atoms with Crippen molar-refractivity contribution in [2.45, 2.75) is 43.7 Å². The van der Waals surface area contributed by atoms with Crippen LogP contribution in [0.2, 0.25) is 0 Å². The number of aromatic nitrogens is 2. The van der Waals surface area contributed by atoms with Gasteiger partial charge in [0.05, 0.1) is 12.3 Å². The summed E-state index contributed by atoms with van der Waals surface area (Å²) in [7, 11) is -3.96. The van der Waals surface area contributed by atoms with Gasteiger partial charge in [0, 0.05) is 12.0 Å². The van der Waals surface area contributed by atoms with Crippen molar-refractivity contribution in [1.82, 2.24) is 15.5 Å². The van der Waals surface area contributed by atoms with Crippen LogP contribution in [0.25, 0.3) is 0 Å². The molecule has 1 aromatic heterocycles. The van der Waals surface area contributed by atoms with Crippen LogP contribution in [0.4, 0.5) is 4.39 Å². The van der Waals surface area contributed by atoms with Crippen molar-refractivity contribution < 1.29 is 22.0 Å². The number of nitrogens with one attached hydrogen (secondary N) is 1. The molecule has 0 aliphatic rings. The van der Waals surface area contributed by atoms with Gasteiger partial charge < -0.3 is 9.73 Å². The minimum atomic E-state index is -3.96. The summed E-state index contributed by atoms with van der Waals surface area (Å²) in [4.78, 5) is 11.5. The van der Waals surface area contributed by atoms with Gasteiger partial charge in [-0.2, -0.15) is 0 Å². The first-order valence-corrected chi connectivity index (χ1v) is 9.13. The molecular weight excluding hydrogens is 337 g/mol. The zero-order chi connectivity index (χ0) is 17.6. The summed E-state index contributed by atoms with van der Waals surface area (Å²) < 4.78 is 43.0. The van der Waals surface area contributed by atoms with E-state index in [2.05, 4.69) is 15.5 Å². The minimum Gasteiger partial charge on any atom is -0.411 e. The van der Waals surface area contributed by atoms with Crippen LogP contribution in [0.5, 0.6) is 0 Å². The number of nitrogens with zero attached hydrogens (tertiary/aromatic N) is 2. The highest BCUT2D eigenvalue weighted by atomic mass is 32.2. The molecule has 0 aliphatic heterocycles. The topological polar surface area (TPSA) is 102 Å². The fourth-order valence-electron chi connectivity index (χ4n) is 1.92. The maximum absolute atomic E-state index is 13.6. The Morgan fingerprint density at radius 3 is 2.75 bits per heavy atom. The quantitative estimate of drug-likeness (QED) is 0.777. The highest BCUT2D eigenvalue weighted by molar-refractivity contribution is 7.90. The van der Waals surface area contributed by atoms with Gasteiger partial charge in [0.2, 0.25) is 21.6 Å². The first-order valence-electron chi connectivity index (χ1n) is 7.47. The molecule has 0 saturated heterocycles. The molecule has 2 rings (SSSR count). The summed E-state index contributed by atoms with van der Waals surface area (Å²) in [5, 5.41) is 9.04. The second kappa shape index (κ2) is 8.00. The van der Waals surface area contributed by atoms with E-state index in [4.69, 9.17) is 4.42 Å². The van der Waals surface area contributed by atoms with Crippen molar-refractivity contribution in [1.29, 1.82) is 0 Å². The lowest BCUT2D eigenvalue weighted by atomic mass is 10.2. The van der Waals surface area contributed by atoms with Crippen LogP contribution in [0.3, 0.4) is 0 Å². The van der Waals surface area contributed by atoms with Crippen molar-refractivity contribution in [2.24, 2.45) is 0 Å². The van der Waals surface area contributed by atoms with Crippen LogP contribution in [0.15, 0.2) is 33.9 Å². The Hall–Kier alpha value is -2.29. The van der Waals surface area contributed by atoms with Gasteiger partial charge >= 0.3 is 5.22 Å². The molecule has 0 unspecified atom stereocenters. The molecule has 1 aromatic carbocycles. The fourth-order valence-corrected chi connectivity index (χ4v) is 3.07. The molecule has 0 radical (unpaired) electrons. The van der Waals surface area contributed by atoms with E-state index >= 15 is 0 Å². The van der Waals surface area contributed by atoms with Crippen LogP contribution in [0.1, 0.15) is 37.6 Å². The highest BCUT2D eigenvalue weighted by Crippen LogP contribution is 2.17. The lowest BCUT2D eigenvalue weighted by molar-refractivity contribution is -0.121. The van der Waals surface area contributed by atoms with Gasteiger partial charge in [0.25, 0.3) is 0 Å². The van der Waals surface area contributed by atoms with E-state index in [9.17, 15) is 17.6 Å². The van der Waals surface area contributed by atoms with Gasteiger partial charge in [0.1, 0.15) is 5.82 Å².